The molecule has 68 heavy (non-hydrogen) atoms. The number of carbonyl (C=O) groups excluding carboxylic acids is 2. The number of esters is 2. The number of nitrogens with one attached hydrogen (secondary N) is 2. The normalized spacial score (nSPS) is 15.1. The molecule has 8 rings (SSSR count). The van der Waals surface area contributed by atoms with E-state index in [-0.39, 0.29) is 46.9 Å². The summed E-state index contributed by atoms with van der Waals surface area (Å²) in [6, 6.07) is 39.7. The second-order valence-corrected chi connectivity index (χ2v) is 20.0. The summed E-state index contributed by atoms with van der Waals surface area (Å²) in [6.07, 6.45) is 9.61. The van der Waals surface area contributed by atoms with Crippen LogP contribution in [0.25, 0.3) is 0 Å². The first-order valence-electron chi connectivity index (χ1n) is 23.7. The monoisotopic (exact) mass is 920 g/mol. The summed E-state index contributed by atoms with van der Waals surface area (Å²) < 4.78 is 22.8. The van der Waals surface area contributed by atoms with E-state index >= 15 is 0 Å². The Morgan fingerprint density at radius 1 is 0.500 bits per heavy atom. The predicted octanol–water partition coefficient (Wildman–Crippen LogP) is 10.7. The Bertz CT molecular complexity index is 2540. The van der Waals surface area contributed by atoms with E-state index in [9.17, 15) is 19.2 Å². The molecule has 2 N–H and O–H groups in total. The Kier molecular flexibility index (Phi) is 15.5. The number of hydrogen-bond acceptors (Lipinski definition) is 10. The molecule has 2 heterocycles. The van der Waals surface area contributed by atoms with E-state index in [1.807, 2.05) is 97.1 Å². The van der Waals surface area contributed by atoms with E-state index in [4.69, 9.17) is 18.9 Å². The maximum atomic E-state index is 13.1. The van der Waals surface area contributed by atoms with Crippen molar-refractivity contribution in [3.8, 4) is 11.5 Å². The van der Waals surface area contributed by atoms with Crippen molar-refractivity contribution in [2.24, 2.45) is 0 Å². The van der Waals surface area contributed by atoms with Crippen LogP contribution in [0.15, 0.2) is 131 Å². The highest BCUT2D eigenvalue weighted by Gasteiger charge is 2.39. The molecule has 356 valence electrons. The van der Waals surface area contributed by atoms with Crippen LogP contribution in [0, 0.1) is 0 Å². The van der Waals surface area contributed by atoms with Crippen molar-refractivity contribution in [2.75, 3.05) is 0 Å². The van der Waals surface area contributed by atoms with Gasteiger partial charge in [-0.1, -0.05) is 147 Å². The average Bonchev–Trinajstić information content (AvgIpc) is 4.00. The van der Waals surface area contributed by atoms with Gasteiger partial charge in [-0.2, -0.15) is 0 Å². The van der Waals surface area contributed by atoms with Crippen molar-refractivity contribution in [1.29, 1.82) is 0 Å². The van der Waals surface area contributed by atoms with Crippen molar-refractivity contribution in [3.63, 3.8) is 0 Å². The zero-order chi connectivity index (χ0) is 48.4. The van der Waals surface area contributed by atoms with Crippen molar-refractivity contribution in [3.05, 3.63) is 187 Å². The van der Waals surface area contributed by atoms with Crippen LogP contribution in [0.4, 0.5) is 0 Å². The number of nitrogens with zero attached hydrogens (tertiary/aromatic N) is 2. The fraction of sp³-hybridized carbons (Fsp3) is 0.393. The van der Waals surface area contributed by atoms with Crippen molar-refractivity contribution in [1.82, 2.24) is 19.9 Å². The second-order valence-electron chi connectivity index (χ2n) is 20.0. The van der Waals surface area contributed by atoms with Gasteiger partial charge in [-0.25, -0.2) is 19.6 Å². The number of H-pyrrole nitrogens is 2. The molecule has 2 saturated carbocycles. The molecule has 2 aliphatic rings. The highest BCUT2D eigenvalue weighted by molar-refractivity contribution is 5.91. The van der Waals surface area contributed by atoms with Gasteiger partial charge in [0.1, 0.15) is 36.1 Å². The molecule has 4 aromatic carbocycles. The topological polar surface area (TPSA) is 163 Å². The molecule has 2 aliphatic carbocycles. The molecule has 6 aromatic rings. The molecule has 0 bridgehead atoms. The first kappa shape index (κ1) is 49.1. The SMILES string of the molecule is CC(C)(C)OC(=O)c1nc(CC2(c3ccccc3)CCCC2)[nH]c(=O)c1OCc1ccccc1.CC(C)(C)OC(=O)c1nc(CC2(c3ccccc3)CCCC2)[nH]c(=O)c1OCc1ccccc1. The van der Waals surface area contributed by atoms with Gasteiger partial charge in [0.15, 0.2) is 11.4 Å². The standard InChI is InChI=1S/2C28H32N2O4/c2*1-27(2,3)34-26(32)23-24(33-19-20-12-6-4-7-13-20)25(31)30-22(29-23)18-28(16-10-11-17-28)21-14-8-5-9-15-21/h2*4-9,12-15H,10-11,16-19H2,1-3H3,(H,29,30,31). The molecule has 2 fully saturated rings. The minimum atomic E-state index is -0.727. The number of benzene rings is 4. The highest BCUT2D eigenvalue weighted by atomic mass is 16.6. The fourth-order valence-corrected chi connectivity index (χ4v) is 9.31. The zero-order valence-electron chi connectivity index (χ0n) is 40.2. The van der Waals surface area contributed by atoms with Gasteiger partial charge in [0.05, 0.1) is 0 Å². The second kappa shape index (κ2) is 21.4. The summed E-state index contributed by atoms with van der Waals surface area (Å²) in [5.41, 5.74) is 1.46. The van der Waals surface area contributed by atoms with Crippen molar-refractivity contribution >= 4 is 11.9 Å². The number of aromatic amines is 2. The number of rotatable bonds is 14. The third-order valence-corrected chi connectivity index (χ3v) is 12.4. The van der Waals surface area contributed by atoms with Crippen LogP contribution in [-0.4, -0.2) is 43.1 Å². The number of ether oxygens (including phenoxy) is 4. The highest BCUT2D eigenvalue weighted by Crippen LogP contribution is 2.44. The van der Waals surface area contributed by atoms with E-state index in [0.717, 1.165) is 62.5 Å². The third-order valence-electron chi connectivity index (χ3n) is 12.4. The average molecular weight is 921 g/mol. The van der Waals surface area contributed by atoms with Gasteiger partial charge < -0.3 is 28.9 Å². The summed E-state index contributed by atoms with van der Waals surface area (Å²) >= 11 is 0. The predicted molar refractivity (Wildman–Crippen MR) is 262 cm³/mol. The maximum absolute atomic E-state index is 13.1. The minimum Gasteiger partial charge on any atom is -0.481 e. The van der Waals surface area contributed by atoms with E-state index in [2.05, 4.69) is 44.2 Å². The molecule has 12 heteroatoms. The van der Waals surface area contributed by atoms with Crippen LogP contribution in [0.3, 0.4) is 0 Å². The van der Waals surface area contributed by atoms with Gasteiger partial charge in [0.2, 0.25) is 11.5 Å². The van der Waals surface area contributed by atoms with Crippen LogP contribution in [-0.2, 0) is 46.4 Å². The lowest BCUT2D eigenvalue weighted by molar-refractivity contribution is 0.00446. The van der Waals surface area contributed by atoms with Crippen LogP contribution in [0.2, 0.25) is 0 Å². The zero-order valence-corrected chi connectivity index (χ0v) is 40.2. The smallest absolute Gasteiger partial charge is 0.361 e. The molecule has 0 radical (unpaired) electrons. The first-order valence-corrected chi connectivity index (χ1v) is 23.7. The molecule has 0 aliphatic heterocycles. The van der Waals surface area contributed by atoms with Gasteiger partial charge in [-0.15, -0.1) is 0 Å². The van der Waals surface area contributed by atoms with Crippen LogP contribution >= 0.6 is 0 Å². The van der Waals surface area contributed by atoms with Crippen molar-refractivity contribution < 1.29 is 28.5 Å². The van der Waals surface area contributed by atoms with Crippen molar-refractivity contribution in [2.45, 2.75) is 141 Å². The van der Waals surface area contributed by atoms with Gasteiger partial charge in [0, 0.05) is 23.7 Å². The van der Waals surface area contributed by atoms with E-state index in [1.54, 1.807) is 41.5 Å². The van der Waals surface area contributed by atoms with Gasteiger partial charge in [0.25, 0.3) is 11.1 Å². The molecule has 0 spiro atoms. The molecule has 2 aromatic heterocycles. The Morgan fingerprint density at radius 2 is 0.809 bits per heavy atom. The summed E-state index contributed by atoms with van der Waals surface area (Å²) in [4.78, 5) is 67.4. The lowest BCUT2D eigenvalue weighted by atomic mass is 9.76. The number of carbonyl (C=O) groups is 2. The summed E-state index contributed by atoms with van der Waals surface area (Å²) in [7, 11) is 0. The van der Waals surface area contributed by atoms with E-state index in [1.165, 1.54) is 11.1 Å². The van der Waals surface area contributed by atoms with Gasteiger partial charge in [-0.3, -0.25) is 9.59 Å². The molecule has 0 amide bonds. The first-order chi connectivity index (χ1) is 32.5. The maximum Gasteiger partial charge on any atom is 0.361 e. The molecule has 0 saturated heterocycles. The number of hydrogen-bond donors (Lipinski definition) is 2. The largest absolute Gasteiger partial charge is 0.481 e. The Balaban J connectivity index is 0.000000201. The Hall–Kier alpha value is -6.82. The molecular formula is C56H64N4O8. The van der Waals surface area contributed by atoms with Crippen LogP contribution in [0.5, 0.6) is 11.5 Å². The van der Waals surface area contributed by atoms with Crippen LogP contribution < -0.4 is 20.6 Å². The van der Waals surface area contributed by atoms with Gasteiger partial charge >= 0.3 is 11.9 Å². The lowest BCUT2D eigenvalue weighted by Crippen LogP contribution is -2.31. The molecular weight excluding hydrogens is 857 g/mol. The molecule has 12 nitrogen and oxygen atoms in total. The summed E-state index contributed by atoms with van der Waals surface area (Å²) in [6.45, 7) is 11.0. The Morgan fingerprint density at radius 3 is 1.12 bits per heavy atom. The molecule has 0 unspecified atom stereocenters. The molecule has 0 atom stereocenters. The number of aromatic nitrogens is 4. The summed E-state index contributed by atoms with van der Waals surface area (Å²) in [5.74, 6) is -0.595. The van der Waals surface area contributed by atoms with Crippen LogP contribution in [0.1, 0.15) is 148 Å². The fourth-order valence-electron chi connectivity index (χ4n) is 9.31. The quantitative estimate of drug-likeness (QED) is 0.101. The third kappa shape index (κ3) is 12.8. The lowest BCUT2D eigenvalue weighted by Gasteiger charge is -2.29. The van der Waals surface area contributed by atoms with Gasteiger partial charge in [-0.05, 0) is 89.5 Å². The van der Waals surface area contributed by atoms with E-state index in [0.29, 0.717) is 24.5 Å². The van der Waals surface area contributed by atoms with E-state index < -0.39 is 34.3 Å². The Labute approximate surface area is 398 Å². The minimum absolute atomic E-state index is 0.0779. The summed E-state index contributed by atoms with van der Waals surface area (Å²) in [5, 5.41) is 0.